The third kappa shape index (κ3) is 2.34. The van der Waals surface area contributed by atoms with Gasteiger partial charge in [-0.1, -0.05) is 5.16 Å². The molecular weight excluding hydrogens is 218 g/mol. The molecule has 1 aromatic heterocycles. The summed E-state index contributed by atoms with van der Waals surface area (Å²) in [5.41, 5.74) is 6.12. The number of aromatic nitrogens is 1. The molecule has 5 heteroatoms. The van der Waals surface area contributed by atoms with Crippen molar-refractivity contribution in [2.75, 3.05) is 6.54 Å². The first kappa shape index (κ1) is 12.1. The summed E-state index contributed by atoms with van der Waals surface area (Å²) in [4.78, 5) is 14.2. The van der Waals surface area contributed by atoms with Crippen LogP contribution >= 0.6 is 0 Å². The van der Waals surface area contributed by atoms with Crippen LogP contribution < -0.4 is 5.73 Å². The van der Waals surface area contributed by atoms with E-state index in [1.807, 2.05) is 4.90 Å². The van der Waals surface area contributed by atoms with Crippen LogP contribution in [0.5, 0.6) is 0 Å². The van der Waals surface area contributed by atoms with Crippen molar-refractivity contribution in [2.45, 2.75) is 45.2 Å². The van der Waals surface area contributed by atoms with Crippen LogP contribution in [0.2, 0.25) is 0 Å². The molecule has 0 spiro atoms. The van der Waals surface area contributed by atoms with Crippen LogP contribution in [0.15, 0.2) is 10.6 Å². The molecule has 2 atom stereocenters. The number of amides is 1. The number of likely N-dealkylation sites (tertiary alicyclic amines) is 1. The molecule has 0 aliphatic carbocycles. The fourth-order valence-electron chi connectivity index (χ4n) is 2.48. The molecule has 17 heavy (non-hydrogen) atoms. The van der Waals surface area contributed by atoms with Crippen LogP contribution in [-0.2, 0) is 0 Å². The lowest BCUT2D eigenvalue weighted by Gasteiger charge is -2.39. The summed E-state index contributed by atoms with van der Waals surface area (Å²) in [6, 6.07) is 2.03. The average Bonchev–Trinajstić information content (AvgIpc) is 2.74. The molecule has 0 saturated carbocycles. The molecular formula is C12H19N3O2. The van der Waals surface area contributed by atoms with Gasteiger partial charge in [-0.25, -0.2) is 0 Å². The second-order valence-corrected chi connectivity index (χ2v) is 4.70. The number of piperidine rings is 1. The van der Waals surface area contributed by atoms with Crippen molar-refractivity contribution in [2.24, 2.45) is 5.73 Å². The van der Waals surface area contributed by atoms with E-state index in [4.69, 9.17) is 10.3 Å². The molecule has 94 valence electrons. The molecule has 0 bridgehead atoms. The first-order valence-corrected chi connectivity index (χ1v) is 6.09. The first-order chi connectivity index (χ1) is 8.13. The molecule has 1 saturated heterocycles. The van der Waals surface area contributed by atoms with Gasteiger partial charge in [-0.05, 0) is 33.1 Å². The van der Waals surface area contributed by atoms with Gasteiger partial charge >= 0.3 is 0 Å². The Kier molecular flexibility index (Phi) is 3.47. The van der Waals surface area contributed by atoms with E-state index in [1.165, 1.54) is 0 Å². The van der Waals surface area contributed by atoms with Gasteiger partial charge in [0.15, 0.2) is 5.69 Å². The Morgan fingerprint density at radius 3 is 3.00 bits per heavy atom. The van der Waals surface area contributed by atoms with Crippen molar-refractivity contribution < 1.29 is 9.32 Å². The third-order valence-corrected chi connectivity index (χ3v) is 3.38. The summed E-state index contributed by atoms with van der Waals surface area (Å²) in [6.45, 7) is 4.35. The molecule has 1 amide bonds. The lowest BCUT2D eigenvalue weighted by molar-refractivity contribution is 0.0483. The Balaban J connectivity index is 2.21. The second kappa shape index (κ2) is 4.87. The zero-order valence-corrected chi connectivity index (χ0v) is 10.3. The van der Waals surface area contributed by atoms with Crippen LogP contribution in [0.3, 0.4) is 0 Å². The van der Waals surface area contributed by atoms with Crippen molar-refractivity contribution in [1.82, 2.24) is 10.1 Å². The quantitative estimate of drug-likeness (QED) is 0.842. The van der Waals surface area contributed by atoms with Crippen molar-refractivity contribution in [3.63, 3.8) is 0 Å². The fourth-order valence-corrected chi connectivity index (χ4v) is 2.48. The summed E-state index contributed by atoms with van der Waals surface area (Å²) >= 11 is 0. The summed E-state index contributed by atoms with van der Waals surface area (Å²) in [7, 11) is 0. The van der Waals surface area contributed by atoms with Gasteiger partial charge in [-0.3, -0.25) is 4.79 Å². The SMILES string of the molecule is Cc1cc(C(=O)N2C(C)CCCC2CN)no1. The second-order valence-electron chi connectivity index (χ2n) is 4.70. The third-order valence-electron chi connectivity index (χ3n) is 3.38. The molecule has 0 radical (unpaired) electrons. The van der Waals surface area contributed by atoms with Crippen molar-refractivity contribution in [3.05, 3.63) is 17.5 Å². The minimum atomic E-state index is -0.0653. The number of rotatable bonds is 2. The standard InChI is InChI=1S/C12H19N3O2/c1-8-4-3-5-10(7-13)15(8)12(16)11-6-9(2)17-14-11/h6,8,10H,3-5,7,13H2,1-2H3. The Labute approximate surface area is 101 Å². The summed E-state index contributed by atoms with van der Waals surface area (Å²) < 4.78 is 4.95. The van der Waals surface area contributed by atoms with Crippen molar-refractivity contribution >= 4 is 5.91 Å². The van der Waals surface area contributed by atoms with E-state index in [-0.39, 0.29) is 18.0 Å². The predicted molar refractivity (Wildman–Crippen MR) is 63.6 cm³/mol. The number of hydrogen-bond acceptors (Lipinski definition) is 4. The van der Waals surface area contributed by atoms with Crippen LogP contribution in [0.4, 0.5) is 0 Å². The summed E-state index contributed by atoms with van der Waals surface area (Å²) in [5, 5.41) is 3.79. The van der Waals surface area contributed by atoms with E-state index in [1.54, 1.807) is 13.0 Å². The highest BCUT2D eigenvalue weighted by atomic mass is 16.5. The molecule has 1 aromatic rings. The van der Waals surface area contributed by atoms with E-state index < -0.39 is 0 Å². The minimum absolute atomic E-state index is 0.0653. The van der Waals surface area contributed by atoms with Crippen LogP contribution in [0.25, 0.3) is 0 Å². The Bertz CT molecular complexity index is 402. The number of hydrogen-bond donors (Lipinski definition) is 1. The zero-order valence-electron chi connectivity index (χ0n) is 10.3. The Hall–Kier alpha value is -1.36. The molecule has 2 heterocycles. The molecule has 0 aromatic carbocycles. The largest absolute Gasteiger partial charge is 0.361 e. The maximum Gasteiger partial charge on any atom is 0.276 e. The normalized spacial score (nSPS) is 25.0. The maximum absolute atomic E-state index is 12.3. The van der Waals surface area contributed by atoms with Gasteiger partial charge in [0, 0.05) is 24.7 Å². The molecule has 1 aliphatic rings. The number of carbonyl (C=O) groups excluding carboxylic acids is 1. The van der Waals surface area contributed by atoms with Gasteiger partial charge in [0.25, 0.3) is 5.91 Å². The van der Waals surface area contributed by atoms with E-state index in [9.17, 15) is 4.79 Å². The molecule has 2 N–H and O–H groups in total. The lowest BCUT2D eigenvalue weighted by Crippen LogP contribution is -2.51. The van der Waals surface area contributed by atoms with Gasteiger partial charge < -0.3 is 15.2 Å². The van der Waals surface area contributed by atoms with E-state index in [0.717, 1.165) is 19.3 Å². The Morgan fingerprint density at radius 1 is 1.65 bits per heavy atom. The van der Waals surface area contributed by atoms with Gasteiger partial charge in [-0.15, -0.1) is 0 Å². The van der Waals surface area contributed by atoms with Crippen molar-refractivity contribution in [1.29, 1.82) is 0 Å². The highest BCUT2D eigenvalue weighted by Crippen LogP contribution is 2.24. The topological polar surface area (TPSA) is 72.4 Å². The molecule has 2 rings (SSSR count). The Morgan fingerprint density at radius 2 is 2.41 bits per heavy atom. The summed E-state index contributed by atoms with van der Waals surface area (Å²) in [6.07, 6.45) is 3.13. The molecule has 5 nitrogen and oxygen atoms in total. The number of carbonyl (C=O) groups is 1. The average molecular weight is 237 g/mol. The minimum Gasteiger partial charge on any atom is -0.361 e. The number of aryl methyl sites for hydroxylation is 1. The molecule has 1 aliphatic heterocycles. The lowest BCUT2D eigenvalue weighted by atomic mass is 9.96. The van der Waals surface area contributed by atoms with E-state index >= 15 is 0 Å². The monoisotopic (exact) mass is 237 g/mol. The van der Waals surface area contributed by atoms with Gasteiger partial charge in [-0.2, -0.15) is 0 Å². The van der Waals surface area contributed by atoms with Gasteiger partial charge in [0.2, 0.25) is 0 Å². The molecule has 1 fully saturated rings. The highest BCUT2D eigenvalue weighted by Gasteiger charge is 2.32. The van der Waals surface area contributed by atoms with E-state index in [0.29, 0.717) is 18.0 Å². The van der Waals surface area contributed by atoms with Crippen LogP contribution in [-0.4, -0.2) is 34.6 Å². The molecule has 2 unspecified atom stereocenters. The predicted octanol–water partition coefficient (Wildman–Crippen LogP) is 1.32. The highest BCUT2D eigenvalue weighted by molar-refractivity contribution is 5.92. The number of nitrogens with two attached hydrogens (primary N) is 1. The zero-order chi connectivity index (χ0) is 12.4. The smallest absolute Gasteiger partial charge is 0.276 e. The van der Waals surface area contributed by atoms with Crippen LogP contribution in [0.1, 0.15) is 42.4 Å². The summed E-state index contributed by atoms with van der Waals surface area (Å²) in [5.74, 6) is 0.590. The fraction of sp³-hybridized carbons (Fsp3) is 0.667. The van der Waals surface area contributed by atoms with E-state index in [2.05, 4.69) is 12.1 Å². The van der Waals surface area contributed by atoms with Crippen LogP contribution in [0, 0.1) is 6.92 Å². The maximum atomic E-state index is 12.3. The van der Waals surface area contributed by atoms with Gasteiger partial charge in [0.1, 0.15) is 5.76 Å². The first-order valence-electron chi connectivity index (χ1n) is 6.09. The number of nitrogens with zero attached hydrogens (tertiary/aromatic N) is 2. The van der Waals surface area contributed by atoms with Crippen molar-refractivity contribution in [3.8, 4) is 0 Å². The van der Waals surface area contributed by atoms with Gasteiger partial charge in [0.05, 0.1) is 0 Å².